The summed E-state index contributed by atoms with van der Waals surface area (Å²) in [6, 6.07) is 1.69. The van der Waals surface area contributed by atoms with Crippen molar-refractivity contribution in [3.05, 3.63) is 28.5 Å². The van der Waals surface area contributed by atoms with Crippen molar-refractivity contribution in [2.45, 2.75) is 6.54 Å². The van der Waals surface area contributed by atoms with Crippen molar-refractivity contribution in [2.24, 2.45) is 0 Å². The summed E-state index contributed by atoms with van der Waals surface area (Å²) in [6.45, 7) is 0.836. The second-order valence-electron chi connectivity index (χ2n) is 3.11. The topological polar surface area (TPSA) is 53.4 Å². The summed E-state index contributed by atoms with van der Waals surface area (Å²) in [5.74, 6) is -0.0850. The maximum atomic E-state index is 11.6. The summed E-state index contributed by atoms with van der Waals surface area (Å²) in [5.41, 5.74) is 1.46. The molecular formula is C9H9ClN2O2. The molecule has 1 aromatic rings. The van der Waals surface area contributed by atoms with E-state index in [2.05, 4.69) is 4.98 Å². The summed E-state index contributed by atoms with van der Waals surface area (Å²) in [4.78, 5) is 17.1. The molecule has 1 amide bonds. The number of halogens is 1. The highest BCUT2D eigenvalue weighted by Crippen LogP contribution is 2.23. The number of rotatable bonds is 2. The van der Waals surface area contributed by atoms with Crippen LogP contribution in [0.25, 0.3) is 0 Å². The molecule has 0 radical (unpaired) electrons. The molecule has 0 saturated carbocycles. The largest absolute Gasteiger partial charge is 0.395 e. The summed E-state index contributed by atoms with van der Waals surface area (Å²) in [5, 5.41) is 9.13. The van der Waals surface area contributed by atoms with E-state index in [4.69, 9.17) is 16.7 Å². The Morgan fingerprint density at radius 1 is 1.64 bits per heavy atom. The minimum atomic E-state index is -0.0850. The van der Waals surface area contributed by atoms with Gasteiger partial charge in [-0.1, -0.05) is 11.6 Å². The molecule has 1 aliphatic heterocycles. The van der Waals surface area contributed by atoms with Gasteiger partial charge >= 0.3 is 0 Å². The first-order valence-corrected chi connectivity index (χ1v) is 4.64. The smallest absolute Gasteiger partial charge is 0.256 e. The molecule has 14 heavy (non-hydrogen) atoms. The number of hydrogen-bond donors (Lipinski definition) is 1. The number of amides is 1. The molecule has 1 aliphatic rings. The molecule has 0 saturated heterocycles. The van der Waals surface area contributed by atoms with Crippen molar-refractivity contribution in [1.82, 2.24) is 9.88 Å². The van der Waals surface area contributed by atoms with Gasteiger partial charge in [-0.2, -0.15) is 0 Å². The normalized spacial score (nSPS) is 14.7. The minimum Gasteiger partial charge on any atom is -0.395 e. The van der Waals surface area contributed by atoms with Crippen molar-refractivity contribution in [2.75, 3.05) is 13.2 Å². The van der Waals surface area contributed by atoms with Gasteiger partial charge in [-0.25, -0.2) is 4.98 Å². The molecule has 0 fully saturated rings. The third kappa shape index (κ3) is 1.47. The van der Waals surface area contributed by atoms with Gasteiger partial charge in [0.2, 0.25) is 0 Å². The zero-order valence-corrected chi connectivity index (χ0v) is 8.16. The van der Waals surface area contributed by atoms with Crippen molar-refractivity contribution in [1.29, 1.82) is 0 Å². The minimum absolute atomic E-state index is 0.0269. The van der Waals surface area contributed by atoms with E-state index < -0.39 is 0 Å². The fourth-order valence-electron chi connectivity index (χ4n) is 1.54. The fourth-order valence-corrected chi connectivity index (χ4v) is 1.72. The molecule has 0 unspecified atom stereocenters. The Balaban J connectivity index is 2.31. The summed E-state index contributed by atoms with van der Waals surface area (Å²) >= 11 is 5.71. The van der Waals surface area contributed by atoms with Gasteiger partial charge in [-0.05, 0) is 11.6 Å². The summed E-state index contributed by atoms with van der Waals surface area (Å²) in [7, 11) is 0. The van der Waals surface area contributed by atoms with Crippen LogP contribution in [0.3, 0.4) is 0 Å². The number of β-amino-alcohol motifs (C(OH)–C–C–N with tert-alkyl or cyclic N) is 1. The molecule has 0 aromatic carbocycles. The Bertz CT molecular complexity index is 381. The van der Waals surface area contributed by atoms with Crippen LogP contribution in [0.5, 0.6) is 0 Å². The number of pyridine rings is 1. The van der Waals surface area contributed by atoms with E-state index in [0.29, 0.717) is 23.8 Å². The standard InChI is InChI=1S/C9H9ClN2O2/c10-8-3-6-5-12(1-2-13)9(14)7(6)4-11-8/h3-4,13H,1-2,5H2. The Kier molecular flexibility index (Phi) is 2.39. The third-order valence-corrected chi connectivity index (χ3v) is 2.41. The number of nitrogens with zero attached hydrogens (tertiary/aromatic N) is 2. The lowest BCUT2D eigenvalue weighted by Gasteiger charge is -2.12. The van der Waals surface area contributed by atoms with E-state index in [-0.39, 0.29) is 12.5 Å². The lowest BCUT2D eigenvalue weighted by molar-refractivity contribution is 0.0745. The van der Waals surface area contributed by atoms with Gasteiger partial charge in [0.1, 0.15) is 5.15 Å². The Morgan fingerprint density at radius 2 is 2.43 bits per heavy atom. The van der Waals surface area contributed by atoms with E-state index in [1.165, 1.54) is 6.20 Å². The zero-order chi connectivity index (χ0) is 10.1. The third-order valence-electron chi connectivity index (χ3n) is 2.21. The second-order valence-corrected chi connectivity index (χ2v) is 3.50. The predicted octanol–water partition coefficient (Wildman–Crippen LogP) is 0.683. The van der Waals surface area contributed by atoms with Crippen LogP contribution >= 0.6 is 11.6 Å². The Labute approximate surface area is 86.1 Å². The molecule has 4 nitrogen and oxygen atoms in total. The van der Waals surface area contributed by atoms with Gasteiger partial charge in [0.15, 0.2) is 0 Å². The van der Waals surface area contributed by atoms with Gasteiger partial charge in [0, 0.05) is 19.3 Å². The van der Waals surface area contributed by atoms with E-state index >= 15 is 0 Å². The Morgan fingerprint density at radius 3 is 3.14 bits per heavy atom. The van der Waals surface area contributed by atoms with Gasteiger partial charge in [-0.15, -0.1) is 0 Å². The lowest BCUT2D eigenvalue weighted by atomic mass is 10.2. The number of carbonyl (C=O) groups is 1. The van der Waals surface area contributed by atoms with Crippen molar-refractivity contribution >= 4 is 17.5 Å². The van der Waals surface area contributed by atoms with Crippen LogP contribution < -0.4 is 0 Å². The maximum absolute atomic E-state index is 11.6. The molecule has 0 spiro atoms. The number of carbonyl (C=O) groups excluding carboxylic acids is 1. The highest BCUT2D eigenvalue weighted by Gasteiger charge is 2.27. The van der Waals surface area contributed by atoms with Crippen LogP contribution in [0.4, 0.5) is 0 Å². The zero-order valence-electron chi connectivity index (χ0n) is 7.40. The number of aliphatic hydroxyl groups is 1. The van der Waals surface area contributed by atoms with E-state index in [9.17, 15) is 4.79 Å². The van der Waals surface area contributed by atoms with Gasteiger partial charge in [-0.3, -0.25) is 4.79 Å². The van der Waals surface area contributed by atoms with Crippen molar-refractivity contribution < 1.29 is 9.90 Å². The van der Waals surface area contributed by atoms with Crippen LogP contribution in [0.15, 0.2) is 12.3 Å². The Hall–Kier alpha value is -1.13. The van der Waals surface area contributed by atoms with E-state index in [1.54, 1.807) is 11.0 Å². The molecule has 1 aromatic heterocycles. The number of hydrogen-bond acceptors (Lipinski definition) is 3. The summed E-state index contributed by atoms with van der Waals surface area (Å²) in [6.07, 6.45) is 1.48. The highest BCUT2D eigenvalue weighted by atomic mass is 35.5. The molecular weight excluding hydrogens is 204 g/mol. The number of fused-ring (bicyclic) bond motifs is 1. The molecule has 1 N–H and O–H groups in total. The lowest BCUT2D eigenvalue weighted by Crippen LogP contribution is -2.26. The molecule has 0 atom stereocenters. The fraction of sp³-hybridized carbons (Fsp3) is 0.333. The van der Waals surface area contributed by atoms with Crippen molar-refractivity contribution in [3.63, 3.8) is 0 Å². The van der Waals surface area contributed by atoms with Crippen LogP contribution in [-0.4, -0.2) is 34.0 Å². The number of aliphatic hydroxyl groups excluding tert-OH is 1. The molecule has 74 valence electrons. The van der Waals surface area contributed by atoms with Gasteiger partial charge in [0.05, 0.1) is 12.2 Å². The maximum Gasteiger partial charge on any atom is 0.256 e. The average molecular weight is 213 g/mol. The van der Waals surface area contributed by atoms with E-state index in [1.807, 2.05) is 0 Å². The first kappa shape index (κ1) is 9.43. The molecule has 2 heterocycles. The van der Waals surface area contributed by atoms with Crippen LogP contribution in [0.1, 0.15) is 15.9 Å². The first-order valence-electron chi connectivity index (χ1n) is 4.27. The van der Waals surface area contributed by atoms with E-state index in [0.717, 1.165) is 5.56 Å². The molecule has 0 aliphatic carbocycles. The average Bonchev–Trinajstić information content (AvgIpc) is 2.44. The molecule has 0 bridgehead atoms. The summed E-state index contributed by atoms with van der Waals surface area (Å²) < 4.78 is 0. The van der Waals surface area contributed by atoms with Crippen LogP contribution in [0, 0.1) is 0 Å². The van der Waals surface area contributed by atoms with Crippen molar-refractivity contribution in [3.8, 4) is 0 Å². The monoisotopic (exact) mass is 212 g/mol. The predicted molar refractivity (Wildman–Crippen MR) is 51.1 cm³/mol. The first-order chi connectivity index (χ1) is 6.72. The van der Waals surface area contributed by atoms with Gasteiger partial charge in [0.25, 0.3) is 5.91 Å². The van der Waals surface area contributed by atoms with Gasteiger partial charge < -0.3 is 10.0 Å². The SMILES string of the molecule is O=C1c2cnc(Cl)cc2CN1CCO. The van der Waals surface area contributed by atoms with Crippen LogP contribution in [0.2, 0.25) is 5.15 Å². The number of aromatic nitrogens is 1. The quantitative estimate of drug-likeness (QED) is 0.734. The second kappa shape index (κ2) is 3.55. The molecule has 5 heteroatoms. The molecule has 2 rings (SSSR count). The van der Waals surface area contributed by atoms with Crippen LogP contribution in [-0.2, 0) is 6.54 Å². The highest BCUT2D eigenvalue weighted by molar-refractivity contribution is 6.29.